The Bertz CT molecular complexity index is 291. The van der Waals surface area contributed by atoms with Crippen LogP contribution in [0, 0.1) is 5.21 Å². The maximum absolute atomic E-state index is 11.4. The van der Waals surface area contributed by atoms with Crippen molar-refractivity contribution in [1.29, 1.82) is 0 Å². The molecule has 3 heteroatoms. The predicted octanol–water partition coefficient (Wildman–Crippen LogP) is 1.55. The van der Waals surface area contributed by atoms with Gasteiger partial charge in [0.05, 0.1) is 18.8 Å². The molecule has 0 spiro atoms. The monoisotopic (exact) mass is 180 g/mol. The first kappa shape index (κ1) is 9.84. The van der Waals surface area contributed by atoms with Gasteiger partial charge in [0, 0.05) is 6.07 Å². The molecule has 0 radical (unpaired) electrons. The second kappa shape index (κ2) is 3.24. The van der Waals surface area contributed by atoms with Crippen LogP contribution in [0.4, 0.5) is 5.82 Å². The third kappa shape index (κ3) is 2.11. The Morgan fingerprint density at radius 3 is 2.38 bits per heavy atom. The van der Waals surface area contributed by atoms with Crippen molar-refractivity contribution >= 4 is 5.82 Å². The van der Waals surface area contributed by atoms with Gasteiger partial charge in [-0.05, 0) is 26.8 Å². The molecule has 72 valence electrons. The molecule has 13 heavy (non-hydrogen) atoms. The minimum Gasteiger partial charge on any atom is -0.711 e. The third-order valence-electron chi connectivity index (χ3n) is 2.15. The lowest BCUT2D eigenvalue weighted by atomic mass is 10.1. The molecule has 0 N–H and O–H groups in total. The molecule has 1 rings (SSSR count). The van der Waals surface area contributed by atoms with Crippen molar-refractivity contribution in [2.45, 2.75) is 26.3 Å². The van der Waals surface area contributed by atoms with Gasteiger partial charge < -0.3 is 5.21 Å². The van der Waals surface area contributed by atoms with E-state index in [9.17, 15) is 5.21 Å². The molecule has 0 saturated heterocycles. The van der Waals surface area contributed by atoms with Gasteiger partial charge in [0.1, 0.15) is 0 Å². The molecule has 0 atom stereocenters. The van der Waals surface area contributed by atoms with Crippen LogP contribution in [-0.2, 0) is 0 Å². The van der Waals surface area contributed by atoms with E-state index in [2.05, 4.69) is 20.8 Å². The van der Waals surface area contributed by atoms with E-state index in [1.807, 2.05) is 24.1 Å². The fourth-order valence-corrected chi connectivity index (χ4v) is 1.02. The maximum atomic E-state index is 11.4. The number of aromatic nitrogens is 1. The molecule has 0 aliphatic rings. The van der Waals surface area contributed by atoms with Gasteiger partial charge >= 0.3 is 0 Å². The fourth-order valence-electron chi connectivity index (χ4n) is 1.02. The normalized spacial score (nSPS) is 11.4. The molecular weight excluding hydrogens is 164 g/mol. The van der Waals surface area contributed by atoms with Crippen molar-refractivity contribution in [1.82, 2.24) is 0 Å². The molecule has 0 aliphatic carbocycles. The SMILES string of the molecule is CN(c1cccc[n+]1[O-])C(C)(C)C. The number of nitrogens with zero attached hydrogens (tertiary/aromatic N) is 2. The molecular formula is C10H16N2O. The molecule has 0 aliphatic heterocycles. The lowest BCUT2D eigenvalue weighted by Gasteiger charge is -2.28. The lowest BCUT2D eigenvalue weighted by Crippen LogP contribution is -2.45. The molecule has 1 aromatic rings. The van der Waals surface area contributed by atoms with Crippen molar-refractivity contribution in [2.75, 3.05) is 11.9 Å². The quantitative estimate of drug-likeness (QED) is 0.485. The van der Waals surface area contributed by atoms with Gasteiger partial charge in [-0.3, -0.25) is 4.90 Å². The van der Waals surface area contributed by atoms with Crippen LogP contribution >= 0.6 is 0 Å². The van der Waals surface area contributed by atoms with E-state index < -0.39 is 0 Å². The van der Waals surface area contributed by atoms with Gasteiger partial charge in [0.15, 0.2) is 0 Å². The summed E-state index contributed by atoms with van der Waals surface area (Å²) in [5, 5.41) is 11.4. The Balaban J connectivity index is 3.02. The Morgan fingerprint density at radius 2 is 1.92 bits per heavy atom. The summed E-state index contributed by atoms with van der Waals surface area (Å²) in [7, 11) is 1.92. The first-order valence-corrected chi connectivity index (χ1v) is 4.35. The van der Waals surface area contributed by atoms with Crippen LogP contribution in [0.15, 0.2) is 24.4 Å². The fraction of sp³-hybridized carbons (Fsp3) is 0.500. The van der Waals surface area contributed by atoms with E-state index in [4.69, 9.17) is 0 Å². The minimum absolute atomic E-state index is 0.0342. The standard InChI is InChI=1S/C10H16N2O/c1-10(2,3)11(4)9-7-5-6-8-12(9)13/h5-8H,1-4H3. The van der Waals surface area contributed by atoms with Crippen molar-refractivity contribution in [3.63, 3.8) is 0 Å². The number of anilines is 1. The molecule has 1 aromatic heterocycles. The van der Waals surface area contributed by atoms with Crippen LogP contribution in [0.3, 0.4) is 0 Å². The van der Waals surface area contributed by atoms with E-state index in [1.165, 1.54) is 6.20 Å². The van der Waals surface area contributed by atoms with E-state index in [0.717, 1.165) is 4.73 Å². The Morgan fingerprint density at radius 1 is 1.31 bits per heavy atom. The molecule has 0 saturated carbocycles. The average Bonchev–Trinajstić information content (AvgIpc) is 2.02. The number of hydrogen-bond donors (Lipinski definition) is 0. The van der Waals surface area contributed by atoms with Crippen LogP contribution in [0.1, 0.15) is 20.8 Å². The summed E-state index contributed by atoms with van der Waals surface area (Å²) in [4.78, 5) is 1.96. The second-order valence-corrected chi connectivity index (χ2v) is 4.11. The molecule has 0 unspecified atom stereocenters. The highest BCUT2D eigenvalue weighted by atomic mass is 16.5. The van der Waals surface area contributed by atoms with Gasteiger partial charge in [-0.15, -0.1) is 0 Å². The van der Waals surface area contributed by atoms with Crippen LogP contribution in [0.2, 0.25) is 0 Å². The zero-order valence-corrected chi connectivity index (χ0v) is 8.61. The molecule has 0 amide bonds. The first-order chi connectivity index (χ1) is 5.93. The van der Waals surface area contributed by atoms with Crippen LogP contribution in [-0.4, -0.2) is 12.6 Å². The first-order valence-electron chi connectivity index (χ1n) is 4.35. The number of hydrogen-bond acceptors (Lipinski definition) is 2. The Labute approximate surface area is 79.2 Å². The van der Waals surface area contributed by atoms with Crippen LogP contribution in [0.25, 0.3) is 0 Å². The minimum atomic E-state index is -0.0342. The second-order valence-electron chi connectivity index (χ2n) is 4.11. The summed E-state index contributed by atoms with van der Waals surface area (Å²) in [5.41, 5.74) is -0.0342. The van der Waals surface area contributed by atoms with Gasteiger partial charge in [-0.25, -0.2) is 4.73 Å². The van der Waals surface area contributed by atoms with Crippen molar-refractivity contribution in [2.24, 2.45) is 0 Å². The summed E-state index contributed by atoms with van der Waals surface area (Å²) in [6.07, 6.45) is 1.51. The van der Waals surface area contributed by atoms with Gasteiger partial charge in [-0.2, -0.15) is 0 Å². The zero-order valence-electron chi connectivity index (χ0n) is 8.61. The molecule has 0 fully saturated rings. The molecule has 3 nitrogen and oxygen atoms in total. The Kier molecular flexibility index (Phi) is 2.45. The lowest BCUT2D eigenvalue weighted by molar-refractivity contribution is -0.592. The number of pyridine rings is 1. The largest absolute Gasteiger partial charge is 0.711 e. The van der Waals surface area contributed by atoms with E-state index in [0.29, 0.717) is 5.82 Å². The summed E-state index contributed by atoms with van der Waals surface area (Å²) in [6, 6.07) is 5.41. The van der Waals surface area contributed by atoms with Gasteiger partial charge in [-0.1, -0.05) is 6.07 Å². The highest BCUT2D eigenvalue weighted by Crippen LogP contribution is 2.16. The topological polar surface area (TPSA) is 30.2 Å². The maximum Gasteiger partial charge on any atom is 0.279 e. The van der Waals surface area contributed by atoms with Crippen LogP contribution in [0.5, 0.6) is 0 Å². The molecule has 0 bridgehead atoms. The highest BCUT2D eigenvalue weighted by molar-refractivity contribution is 5.34. The zero-order chi connectivity index (χ0) is 10.1. The summed E-state index contributed by atoms with van der Waals surface area (Å²) >= 11 is 0. The average molecular weight is 180 g/mol. The highest BCUT2D eigenvalue weighted by Gasteiger charge is 2.25. The Hall–Kier alpha value is -1.25. The van der Waals surface area contributed by atoms with Crippen LogP contribution < -0.4 is 9.63 Å². The number of rotatable bonds is 1. The van der Waals surface area contributed by atoms with Crippen molar-refractivity contribution in [3.8, 4) is 0 Å². The van der Waals surface area contributed by atoms with E-state index in [1.54, 1.807) is 6.07 Å². The van der Waals surface area contributed by atoms with E-state index >= 15 is 0 Å². The van der Waals surface area contributed by atoms with Crippen molar-refractivity contribution in [3.05, 3.63) is 29.6 Å². The van der Waals surface area contributed by atoms with Crippen molar-refractivity contribution < 1.29 is 4.73 Å². The smallest absolute Gasteiger partial charge is 0.279 e. The molecule has 1 heterocycles. The summed E-state index contributed by atoms with van der Waals surface area (Å²) in [5.74, 6) is 0.676. The summed E-state index contributed by atoms with van der Waals surface area (Å²) < 4.78 is 0.880. The predicted molar refractivity (Wildman–Crippen MR) is 53.6 cm³/mol. The third-order valence-corrected chi connectivity index (χ3v) is 2.15. The summed E-state index contributed by atoms with van der Waals surface area (Å²) in [6.45, 7) is 6.21. The van der Waals surface area contributed by atoms with Gasteiger partial charge in [0.2, 0.25) is 0 Å². The van der Waals surface area contributed by atoms with E-state index in [-0.39, 0.29) is 5.54 Å². The van der Waals surface area contributed by atoms with Gasteiger partial charge in [0.25, 0.3) is 5.82 Å². The molecule has 0 aromatic carbocycles.